The summed E-state index contributed by atoms with van der Waals surface area (Å²) in [5.74, 6) is 1.25. The number of hydrogen-bond acceptors (Lipinski definition) is 7. The first-order chi connectivity index (χ1) is 13.5. The number of amides is 1. The Balaban J connectivity index is 1.66. The molecule has 1 saturated carbocycles. The van der Waals surface area contributed by atoms with Crippen molar-refractivity contribution in [1.82, 2.24) is 15.0 Å². The summed E-state index contributed by atoms with van der Waals surface area (Å²) >= 11 is 0. The lowest BCUT2D eigenvalue weighted by Crippen LogP contribution is -2.45. The maximum absolute atomic E-state index is 12.9. The van der Waals surface area contributed by atoms with Gasteiger partial charge in [-0.05, 0) is 38.3 Å². The lowest BCUT2D eigenvalue weighted by Gasteiger charge is -2.36. The maximum atomic E-state index is 12.9. The molecule has 0 bridgehead atoms. The fraction of sp³-hybridized carbons (Fsp3) is 0.500. The lowest BCUT2D eigenvalue weighted by atomic mass is 9.82. The third kappa shape index (κ3) is 4.67. The average molecular weight is 383 g/mol. The quantitative estimate of drug-likeness (QED) is 0.817. The Morgan fingerprint density at radius 2 is 2.29 bits per heavy atom. The number of aromatic nitrogens is 2. The van der Waals surface area contributed by atoms with E-state index in [-0.39, 0.29) is 24.0 Å². The Bertz CT molecular complexity index is 860. The molecule has 0 radical (unpaired) electrons. The van der Waals surface area contributed by atoms with Crippen LogP contribution in [0.4, 0.5) is 5.82 Å². The van der Waals surface area contributed by atoms with Crippen molar-refractivity contribution in [2.45, 2.75) is 44.9 Å². The predicted octanol–water partition coefficient (Wildman–Crippen LogP) is 2.50. The number of hydrogen-bond donors (Lipinski definition) is 1. The van der Waals surface area contributed by atoms with Crippen molar-refractivity contribution in [3.63, 3.8) is 0 Å². The standard InChI is InChI=1S/C20H25N5O3/c1-13-8-16(28-24-13)12-25(2)20(26)15-4-5-18(27-3)17(10-15)23-19-9-14(11-21)6-7-22-19/h6-9,15,17-18H,4-5,10,12H2,1-3H3,(H,22,23)/t15-,17+,18+/m0/s1. The van der Waals surface area contributed by atoms with Gasteiger partial charge in [-0.1, -0.05) is 5.16 Å². The zero-order valence-electron chi connectivity index (χ0n) is 16.4. The second-order valence-corrected chi connectivity index (χ2v) is 7.21. The minimum absolute atomic E-state index is 0.0150. The van der Waals surface area contributed by atoms with E-state index in [1.54, 1.807) is 37.4 Å². The molecule has 28 heavy (non-hydrogen) atoms. The molecule has 1 fully saturated rings. The van der Waals surface area contributed by atoms with Crippen LogP contribution >= 0.6 is 0 Å². The molecule has 1 amide bonds. The van der Waals surface area contributed by atoms with Gasteiger partial charge in [0.1, 0.15) is 5.82 Å². The molecule has 1 N–H and O–H groups in total. The van der Waals surface area contributed by atoms with Crippen molar-refractivity contribution >= 4 is 11.7 Å². The SMILES string of the molecule is CO[C@@H]1CC[C@H](C(=O)N(C)Cc2cc(C)no2)C[C@H]1Nc1cc(C#N)ccn1. The van der Waals surface area contributed by atoms with Gasteiger partial charge in [0.05, 0.1) is 36.0 Å². The molecule has 2 aromatic rings. The van der Waals surface area contributed by atoms with Gasteiger partial charge in [0, 0.05) is 32.3 Å². The van der Waals surface area contributed by atoms with Crippen LogP contribution in [-0.4, -0.2) is 47.3 Å². The number of rotatable bonds is 6. The normalized spacial score (nSPS) is 21.7. The summed E-state index contributed by atoms with van der Waals surface area (Å²) < 4.78 is 10.8. The van der Waals surface area contributed by atoms with E-state index in [1.807, 2.05) is 13.0 Å². The number of pyridine rings is 1. The highest BCUT2D eigenvalue weighted by atomic mass is 16.5. The van der Waals surface area contributed by atoms with Gasteiger partial charge in [-0.15, -0.1) is 0 Å². The van der Waals surface area contributed by atoms with Gasteiger partial charge in [-0.25, -0.2) is 4.98 Å². The molecule has 3 rings (SSSR count). The minimum Gasteiger partial charge on any atom is -0.379 e. The number of nitrogens with one attached hydrogen (secondary N) is 1. The smallest absolute Gasteiger partial charge is 0.225 e. The molecule has 0 unspecified atom stereocenters. The van der Waals surface area contributed by atoms with Crippen LogP contribution in [0.15, 0.2) is 28.9 Å². The van der Waals surface area contributed by atoms with Crippen molar-refractivity contribution < 1.29 is 14.1 Å². The van der Waals surface area contributed by atoms with Crippen LogP contribution in [-0.2, 0) is 16.1 Å². The summed E-state index contributed by atoms with van der Waals surface area (Å²) in [5.41, 5.74) is 1.34. The predicted molar refractivity (Wildman–Crippen MR) is 102 cm³/mol. The summed E-state index contributed by atoms with van der Waals surface area (Å²) in [7, 11) is 3.46. The lowest BCUT2D eigenvalue weighted by molar-refractivity contribution is -0.137. The maximum Gasteiger partial charge on any atom is 0.225 e. The average Bonchev–Trinajstić information content (AvgIpc) is 3.12. The third-order valence-electron chi connectivity index (χ3n) is 5.11. The molecule has 0 aliphatic heterocycles. The number of anilines is 1. The van der Waals surface area contributed by atoms with Gasteiger partial charge in [-0.2, -0.15) is 5.26 Å². The summed E-state index contributed by atoms with van der Waals surface area (Å²) in [6.07, 6.45) is 3.76. The number of methoxy groups -OCH3 is 1. The van der Waals surface area contributed by atoms with Gasteiger partial charge in [-0.3, -0.25) is 4.79 Å². The van der Waals surface area contributed by atoms with Crippen LogP contribution in [0.25, 0.3) is 0 Å². The third-order valence-corrected chi connectivity index (χ3v) is 5.11. The van der Waals surface area contributed by atoms with E-state index in [4.69, 9.17) is 14.5 Å². The van der Waals surface area contributed by atoms with E-state index < -0.39 is 0 Å². The molecular formula is C20H25N5O3. The molecule has 8 heteroatoms. The molecule has 2 heterocycles. The van der Waals surface area contributed by atoms with Crippen LogP contribution in [0, 0.1) is 24.2 Å². The largest absolute Gasteiger partial charge is 0.379 e. The summed E-state index contributed by atoms with van der Waals surface area (Å²) in [6.45, 7) is 2.25. The molecule has 8 nitrogen and oxygen atoms in total. The highest BCUT2D eigenvalue weighted by molar-refractivity contribution is 5.78. The molecule has 1 aliphatic carbocycles. The first kappa shape index (κ1) is 19.8. The topological polar surface area (TPSA) is 104 Å². The summed E-state index contributed by atoms with van der Waals surface area (Å²) in [5, 5.41) is 16.3. The minimum atomic E-state index is -0.114. The van der Waals surface area contributed by atoms with E-state index >= 15 is 0 Å². The fourth-order valence-corrected chi connectivity index (χ4v) is 3.68. The first-order valence-corrected chi connectivity index (χ1v) is 9.32. The van der Waals surface area contributed by atoms with Crippen LogP contribution in [0.5, 0.6) is 0 Å². The first-order valence-electron chi connectivity index (χ1n) is 9.32. The van der Waals surface area contributed by atoms with Gasteiger partial charge in [0.2, 0.25) is 5.91 Å². The van der Waals surface area contributed by atoms with Crippen molar-refractivity contribution in [3.8, 4) is 6.07 Å². The van der Waals surface area contributed by atoms with E-state index in [1.165, 1.54) is 0 Å². The molecule has 2 aromatic heterocycles. The molecule has 148 valence electrons. The molecule has 3 atom stereocenters. The van der Waals surface area contributed by atoms with E-state index in [9.17, 15) is 4.79 Å². The van der Waals surface area contributed by atoms with Crippen molar-refractivity contribution in [2.24, 2.45) is 5.92 Å². The number of nitrogens with zero attached hydrogens (tertiary/aromatic N) is 4. The van der Waals surface area contributed by atoms with Crippen molar-refractivity contribution in [3.05, 3.63) is 41.4 Å². The van der Waals surface area contributed by atoms with Gasteiger partial charge < -0.3 is 19.5 Å². The second kappa shape index (κ2) is 8.85. The van der Waals surface area contributed by atoms with E-state index in [0.29, 0.717) is 30.1 Å². The fourth-order valence-electron chi connectivity index (χ4n) is 3.68. The van der Waals surface area contributed by atoms with Crippen LogP contribution < -0.4 is 5.32 Å². The number of nitriles is 1. The second-order valence-electron chi connectivity index (χ2n) is 7.21. The summed E-state index contributed by atoms with van der Waals surface area (Å²) in [6, 6.07) is 7.25. The zero-order chi connectivity index (χ0) is 20.1. The Labute approximate surface area is 164 Å². The summed E-state index contributed by atoms with van der Waals surface area (Å²) in [4.78, 5) is 18.9. The Hall–Kier alpha value is -2.92. The highest BCUT2D eigenvalue weighted by Crippen LogP contribution is 2.30. The van der Waals surface area contributed by atoms with Crippen LogP contribution in [0.2, 0.25) is 0 Å². The van der Waals surface area contributed by atoms with E-state index in [2.05, 4.69) is 21.5 Å². The number of carbonyl (C=O) groups excluding carboxylic acids is 1. The molecule has 0 spiro atoms. The molecule has 1 aliphatic rings. The Morgan fingerprint density at radius 1 is 1.46 bits per heavy atom. The molecule has 0 saturated heterocycles. The van der Waals surface area contributed by atoms with E-state index in [0.717, 1.165) is 18.5 Å². The van der Waals surface area contributed by atoms with Crippen LogP contribution in [0.1, 0.15) is 36.3 Å². The number of ether oxygens (including phenoxy) is 1. The number of aryl methyl sites for hydroxylation is 1. The van der Waals surface area contributed by atoms with Gasteiger partial charge in [0.25, 0.3) is 0 Å². The van der Waals surface area contributed by atoms with Gasteiger partial charge in [0.15, 0.2) is 5.76 Å². The number of carbonyl (C=O) groups is 1. The monoisotopic (exact) mass is 383 g/mol. The van der Waals surface area contributed by atoms with Crippen LogP contribution in [0.3, 0.4) is 0 Å². The highest BCUT2D eigenvalue weighted by Gasteiger charge is 2.35. The van der Waals surface area contributed by atoms with Crippen molar-refractivity contribution in [2.75, 3.05) is 19.5 Å². The Morgan fingerprint density at radius 3 is 2.96 bits per heavy atom. The van der Waals surface area contributed by atoms with Crippen molar-refractivity contribution in [1.29, 1.82) is 5.26 Å². The molecular weight excluding hydrogens is 358 g/mol. The van der Waals surface area contributed by atoms with Gasteiger partial charge >= 0.3 is 0 Å². The Kier molecular flexibility index (Phi) is 6.26. The zero-order valence-corrected chi connectivity index (χ0v) is 16.4. The molecule has 0 aromatic carbocycles.